The van der Waals surface area contributed by atoms with Gasteiger partial charge in [0, 0.05) is 13.2 Å². The molecule has 0 N–H and O–H groups in total. The van der Waals surface area contributed by atoms with Crippen LogP contribution in [-0.2, 0) is 7.05 Å². The van der Waals surface area contributed by atoms with Crippen molar-refractivity contribution in [2.45, 2.75) is 19.6 Å². The lowest BCUT2D eigenvalue weighted by atomic mass is 10.3. The molecule has 0 bridgehead atoms. The lowest BCUT2D eigenvalue weighted by Crippen LogP contribution is -2.29. The Morgan fingerprint density at radius 3 is 2.58 bits per heavy atom. The van der Waals surface area contributed by atoms with Gasteiger partial charge in [0.25, 0.3) is 0 Å². The minimum Gasteiger partial charge on any atom is -0.543 e. The van der Waals surface area contributed by atoms with Gasteiger partial charge in [-0.1, -0.05) is 12.1 Å². The van der Waals surface area contributed by atoms with Crippen LogP contribution >= 0.6 is 0 Å². The molecule has 1 aromatic carbocycles. The largest absolute Gasteiger partial charge is 0.543 e. The normalized spacial score (nSPS) is 12.0. The van der Waals surface area contributed by atoms with E-state index in [9.17, 15) is 0 Å². The van der Waals surface area contributed by atoms with Crippen LogP contribution < -0.4 is 4.43 Å². The molecule has 2 rings (SSSR count). The van der Waals surface area contributed by atoms with E-state index in [0.29, 0.717) is 0 Å². The molecule has 0 aliphatic heterocycles. The predicted octanol–water partition coefficient (Wildman–Crippen LogP) is 3.38. The zero-order valence-electron chi connectivity index (χ0n) is 11.8. The fourth-order valence-electron chi connectivity index (χ4n) is 1.62. The molecule has 0 amide bonds. The Morgan fingerprint density at radius 1 is 1.21 bits per heavy atom. The molecule has 5 heteroatoms. The van der Waals surface area contributed by atoms with Gasteiger partial charge in [0.2, 0.25) is 8.32 Å². The van der Waals surface area contributed by atoms with Gasteiger partial charge in [-0.25, -0.2) is 0 Å². The molecule has 1 heterocycles. The molecule has 1 aromatic heterocycles. The minimum absolute atomic E-state index is 0.838. The highest BCUT2D eigenvalue weighted by molar-refractivity contribution is 6.70. The van der Waals surface area contributed by atoms with Gasteiger partial charge in [0.15, 0.2) is 0 Å². The fraction of sp³-hybridized carbons (Fsp3) is 0.286. The first-order valence-electron chi connectivity index (χ1n) is 6.26. The average Bonchev–Trinajstić information content (AvgIpc) is 2.72. The van der Waals surface area contributed by atoms with Gasteiger partial charge < -0.3 is 4.43 Å². The highest BCUT2D eigenvalue weighted by Crippen LogP contribution is 2.29. The van der Waals surface area contributed by atoms with Crippen LogP contribution in [0.3, 0.4) is 0 Å². The summed E-state index contributed by atoms with van der Waals surface area (Å²) in [5.41, 5.74) is 1.68. The van der Waals surface area contributed by atoms with Gasteiger partial charge in [0.05, 0.1) is 6.21 Å². The topological polar surface area (TPSA) is 39.4 Å². The van der Waals surface area contributed by atoms with Gasteiger partial charge in [-0.15, -0.1) is 0 Å². The zero-order chi connectivity index (χ0) is 13.9. The number of nitrogens with zero attached hydrogens (tertiary/aromatic N) is 3. The lowest BCUT2D eigenvalue weighted by molar-refractivity contribution is 0.559. The van der Waals surface area contributed by atoms with Crippen LogP contribution in [0.15, 0.2) is 41.5 Å². The summed E-state index contributed by atoms with van der Waals surface area (Å²) in [6, 6.07) is 9.77. The number of para-hydroxylation sites is 2. The van der Waals surface area contributed by atoms with Crippen LogP contribution in [0.2, 0.25) is 19.6 Å². The van der Waals surface area contributed by atoms with Gasteiger partial charge in [-0.3, -0.25) is 9.67 Å². The third kappa shape index (κ3) is 4.06. The summed E-state index contributed by atoms with van der Waals surface area (Å²) in [6.45, 7) is 6.48. The summed E-state index contributed by atoms with van der Waals surface area (Å²) in [4.78, 5) is 4.47. The second-order valence-electron chi connectivity index (χ2n) is 5.35. The van der Waals surface area contributed by atoms with Crippen molar-refractivity contribution < 1.29 is 4.43 Å². The highest BCUT2D eigenvalue weighted by atomic mass is 28.4. The Balaban J connectivity index is 2.22. The third-order valence-electron chi connectivity index (χ3n) is 2.35. The smallest absolute Gasteiger partial charge is 0.242 e. The summed E-state index contributed by atoms with van der Waals surface area (Å²) in [5.74, 6) is 0.842. The average molecular weight is 273 g/mol. The van der Waals surface area contributed by atoms with Crippen LogP contribution in [0.4, 0.5) is 5.69 Å². The molecule has 0 atom stereocenters. The Bertz CT molecular complexity index is 584. The Hall–Kier alpha value is -1.88. The number of hydrogen-bond donors (Lipinski definition) is 0. The van der Waals surface area contributed by atoms with Crippen LogP contribution in [0.25, 0.3) is 0 Å². The first-order chi connectivity index (χ1) is 8.94. The Kier molecular flexibility index (Phi) is 3.85. The Morgan fingerprint density at radius 2 is 1.95 bits per heavy atom. The summed E-state index contributed by atoms with van der Waals surface area (Å²) in [7, 11) is 0.261. The maximum atomic E-state index is 6.03. The molecule has 0 aliphatic carbocycles. The second-order valence-corrected chi connectivity index (χ2v) is 9.78. The zero-order valence-corrected chi connectivity index (χ0v) is 12.8. The van der Waals surface area contributed by atoms with Crippen LogP contribution in [-0.4, -0.2) is 24.3 Å². The van der Waals surface area contributed by atoms with E-state index < -0.39 is 8.32 Å². The van der Waals surface area contributed by atoms with Crippen molar-refractivity contribution in [1.29, 1.82) is 0 Å². The third-order valence-corrected chi connectivity index (χ3v) is 3.18. The number of aliphatic imine (C=N–C) groups is 1. The van der Waals surface area contributed by atoms with Crippen molar-refractivity contribution >= 4 is 20.2 Å². The van der Waals surface area contributed by atoms with E-state index >= 15 is 0 Å². The maximum absolute atomic E-state index is 6.03. The lowest BCUT2D eigenvalue weighted by Gasteiger charge is -2.20. The van der Waals surface area contributed by atoms with Crippen molar-refractivity contribution in [1.82, 2.24) is 9.78 Å². The van der Waals surface area contributed by atoms with Gasteiger partial charge in [-0.2, -0.15) is 5.10 Å². The molecule has 2 aromatic rings. The van der Waals surface area contributed by atoms with Crippen molar-refractivity contribution in [2.24, 2.45) is 12.0 Å². The monoisotopic (exact) mass is 273 g/mol. The van der Waals surface area contributed by atoms with E-state index in [-0.39, 0.29) is 0 Å². The van der Waals surface area contributed by atoms with E-state index in [4.69, 9.17) is 4.43 Å². The molecule has 4 nitrogen and oxygen atoms in total. The summed E-state index contributed by atoms with van der Waals surface area (Å²) in [5, 5.41) is 4.27. The number of benzene rings is 1. The maximum Gasteiger partial charge on any atom is 0.242 e. The summed E-state index contributed by atoms with van der Waals surface area (Å²) < 4.78 is 7.78. The summed E-state index contributed by atoms with van der Waals surface area (Å²) in [6.07, 6.45) is 3.65. The van der Waals surface area contributed by atoms with E-state index in [0.717, 1.165) is 17.1 Å². The second kappa shape index (κ2) is 5.40. The molecule has 100 valence electrons. The molecule has 0 saturated carbocycles. The van der Waals surface area contributed by atoms with Gasteiger partial charge in [-0.05, 0) is 37.8 Å². The van der Waals surface area contributed by atoms with E-state index in [1.165, 1.54) is 0 Å². The van der Waals surface area contributed by atoms with E-state index in [2.05, 4.69) is 29.7 Å². The first kappa shape index (κ1) is 13.5. The van der Waals surface area contributed by atoms with Crippen molar-refractivity contribution in [2.75, 3.05) is 0 Å². The fourth-order valence-corrected chi connectivity index (χ4v) is 2.45. The van der Waals surface area contributed by atoms with Crippen LogP contribution in [0.1, 0.15) is 5.69 Å². The molecular formula is C14H19N3OSi. The van der Waals surface area contributed by atoms with Crippen LogP contribution in [0.5, 0.6) is 5.75 Å². The molecule has 0 fully saturated rings. The standard InChI is InChI=1S/C14H19N3OSi/c1-17-10-9-12(16-17)11-15-13-7-5-6-8-14(13)18-19(2,3)4/h5-11H,1-4H3/b15-11+. The Labute approximate surface area is 114 Å². The minimum atomic E-state index is -1.63. The highest BCUT2D eigenvalue weighted by Gasteiger charge is 2.17. The quantitative estimate of drug-likeness (QED) is 0.633. The van der Waals surface area contributed by atoms with E-state index in [1.54, 1.807) is 10.9 Å². The number of hydrogen-bond acceptors (Lipinski definition) is 3. The van der Waals surface area contributed by atoms with E-state index in [1.807, 2.05) is 43.6 Å². The molecule has 0 spiro atoms. The molecule has 0 saturated heterocycles. The van der Waals surface area contributed by atoms with Gasteiger partial charge >= 0.3 is 0 Å². The number of aryl methyl sites for hydroxylation is 1. The molecule has 0 aliphatic rings. The SMILES string of the molecule is Cn1ccc(/C=N/c2ccccc2O[Si](C)(C)C)n1. The van der Waals surface area contributed by atoms with Crippen LogP contribution in [0, 0.1) is 0 Å². The molecule has 19 heavy (non-hydrogen) atoms. The summed E-state index contributed by atoms with van der Waals surface area (Å²) >= 11 is 0. The van der Waals surface area contributed by atoms with Crippen molar-refractivity contribution in [3.05, 3.63) is 42.2 Å². The molecular weight excluding hydrogens is 254 g/mol. The predicted molar refractivity (Wildman–Crippen MR) is 80.9 cm³/mol. The number of rotatable bonds is 4. The van der Waals surface area contributed by atoms with Crippen molar-refractivity contribution in [3.63, 3.8) is 0 Å². The van der Waals surface area contributed by atoms with Gasteiger partial charge in [0.1, 0.15) is 17.1 Å². The molecule has 0 radical (unpaired) electrons. The van der Waals surface area contributed by atoms with Crippen molar-refractivity contribution in [3.8, 4) is 5.75 Å². The first-order valence-corrected chi connectivity index (χ1v) is 9.67. The number of aromatic nitrogens is 2. The molecule has 0 unspecified atom stereocenters.